The number of guanidine groups is 1. The minimum Gasteiger partial charge on any atom is -0.373 e. The SMILES string of the molecule is CN=C(NCc1sc(C)nc1C)NCC(C)(C)N1CC(C)OC(C)C1.I. The van der Waals surface area contributed by atoms with E-state index in [0.29, 0.717) is 0 Å². The second-order valence-corrected chi connectivity index (χ2v) is 8.78. The summed E-state index contributed by atoms with van der Waals surface area (Å²) >= 11 is 1.74. The van der Waals surface area contributed by atoms with E-state index in [9.17, 15) is 0 Å². The van der Waals surface area contributed by atoms with Crippen molar-refractivity contribution < 1.29 is 4.74 Å². The van der Waals surface area contributed by atoms with E-state index >= 15 is 0 Å². The number of nitrogens with one attached hydrogen (secondary N) is 2. The van der Waals surface area contributed by atoms with Crippen molar-refractivity contribution in [3.8, 4) is 0 Å². The summed E-state index contributed by atoms with van der Waals surface area (Å²) in [5.41, 5.74) is 1.13. The number of rotatable bonds is 5. The van der Waals surface area contributed by atoms with Crippen LogP contribution in [-0.4, -0.2) is 60.3 Å². The van der Waals surface area contributed by atoms with E-state index in [1.54, 1.807) is 11.3 Å². The van der Waals surface area contributed by atoms with Crippen molar-refractivity contribution in [1.29, 1.82) is 0 Å². The van der Waals surface area contributed by atoms with Crippen molar-refractivity contribution in [1.82, 2.24) is 20.5 Å². The third-order valence-electron chi connectivity index (χ3n) is 4.60. The van der Waals surface area contributed by atoms with Gasteiger partial charge in [-0.2, -0.15) is 0 Å². The molecule has 1 aromatic heterocycles. The molecule has 1 aromatic rings. The summed E-state index contributed by atoms with van der Waals surface area (Å²) in [5, 5.41) is 7.98. The number of ether oxygens (including phenoxy) is 1. The van der Waals surface area contributed by atoms with Crippen molar-refractivity contribution in [3.63, 3.8) is 0 Å². The molecule has 0 saturated carbocycles. The third kappa shape index (κ3) is 6.61. The molecule has 0 spiro atoms. The molecule has 0 radical (unpaired) electrons. The van der Waals surface area contributed by atoms with E-state index in [1.807, 2.05) is 14.0 Å². The number of hydrogen-bond acceptors (Lipinski definition) is 5. The van der Waals surface area contributed by atoms with Crippen molar-refractivity contribution in [2.75, 3.05) is 26.7 Å². The topological polar surface area (TPSA) is 61.8 Å². The van der Waals surface area contributed by atoms with Gasteiger partial charge in [0.2, 0.25) is 0 Å². The molecule has 2 atom stereocenters. The maximum absolute atomic E-state index is 5.86. The molecule has 6 nitrogen and oxygen atoms in total. The van der Waals surface area contributed by atoms with Gasteiger partial charge in [-0.05, 0) is 41.5 Å². The Morgan fingerprint density at radius 2 is 1.88 bits per heavy atom. The zero-order valence-corrected chi connectivity index (χ0v) is 20.2. The van der Waals surface area contributed by atoms with E-state index in [4.69, 9.17) is 4.74 Å². The summed E-state index contributed by atoms with van der Waals surface area (Å²) < 4.78 is 5.86. The Bertz CT molecular complexity index is 594. The summed E-state index contributed by atoms with van der Waals surface area (Å²) in [6.07, 6.45) is 0.552. The number of aryl methyl sites for hydroxylation is 2. The molecule has 0 aromatic carbocycles. The average Bonchev–Trinajstić information content (AvgIpc) is 2.84. The van der Waals surface area contributed by atoms with Gasteiger partial charge in [0.05, 0.1) is 29.5 Å². The van der Waals surface area contributed by atoms with E-state index in [-0.39, 0.29) is 41.7 Å². The molecule has 0 amide bonds. The number of morpholine rings is 1. The first-order valence-corrected chi connectivity index (χ1v) is 9.81. The van der Waals surface area contributed by atoms with Crippen molar-refractivity contribution in [2.45, 2.75) is 65.8 Å². The number of thiazole rings is 1. The molecular weight excluding hydrogens is 461 g/mol. The van der Waals surface area contributed by atoms with Gasteiger partial charge in [-0.25, -0.2) is 4.98 Å². The van der Waals surface area contributed by atoms with Gasteiger partial charge in [0.15, 0.2) is 5.96 Å². The molecule has 1 fully saturated rings. The fraction of sp³-hybridized carbons (Fsp3) is 0.778. The standard InChI is InChI=1S/C18H33N5OS.HI/c1-12-9-23(10-13(2)24-12)18(5,6)11-21-17(19-7)20-8-16-14(3)22-15(4)25-16;/h12-13H,8-11H2,1-7H3,(H2,19,20,21);1H. The van der Waals surface area contributed by atoms with Crippen LogP contribution in [0, 0.1) is 13.8 Å². The molecule has 2 unspecified atom stereocenters. The molecule has 0 bridgehead atoms. The third-order valence-corrected chi connectivity index (χ3v) is 5.68. The van der Waals surface area contributed by atoms with Crippen LogP contribution in [0.4, 0.5) is 0 Å². The Morgan fingerprint density at radius 1 is 1.27 bits per heavy atom. The lowest BCUT2D eigenvalue weighted by molar-refractivity contribution is -0.0946. The van der Waals surface area contributed by atoms with Gasteiger partial charge in [0.1, 0.15) is 0 Å². The minimum atomic E-state index is 0. The summed E-state index contributed by atoms with van der Waals surface area (Å²) in [6.45, 7) is 16.4. The van der Waals surface area contributed by atoms with Crippen LogP contribution in [0.15, 0.2) is 4.99 Å². The largest absolute Gasteiger partial charge is 0.373 e. The Kier molecular flexibility index (Phi) is 9.25. The second-order valence-electron chi connectivity index (χ2n) is 7.50. The molecule has 1 saturated heterocycles. The molecule has 0 aliphatic carbocycles. The van der Waals surface area contributed by atoms with E-state index < -0.39 is 0 Å². The summed E-state index contributed by atoms with van der Waals surface area (Å²) in [4.78, 5) is 12.6. The van der Waals surface area contributed by atoms with Crippen molar-refractivity contribution >= 4 is 41.3 Å². The fourth-order valence-corrected chi connectivity index (χ4v) is 4.08. The fourth-order valence-electron chi connectivity index (χ4n) is 3.21. The highest BCUT2D eigenvalue weighted by Gasteiger charge is 2.33. The monoisotopic (exact) mass is 495 g/mol. The van der Waals surface area contributed by atoms with Gasteiger partial charge in [-0.3, -0.25) is 9.89 Å². The Labute approximate surface area is 179 Å². The lowest BCUT2D eigenvalue weighted by Gasteiger charge is -2.45. The van der Waals surface area contributed by atoms with Crippen LogP contribution < -0.4 is 10.6 Å². The highest BCUT2D eigenvalue weighted by molar-refractivity contribution is 14.0. The summed E-state index contributed by atoms with van der Waals surface area (Å²) in [7, 11) is 1.81. The van der Waals surface area contributed by atoms with Crippen LogP contribution in [0.1, 0.15) is 43.3 Å². The highest BCUT2D eigenvalue weighted by atomic mass is 127. The van der Waals surface area contributed by atoms with Crippen LogP contribution in [0.25, 0.3) is 0 Å². The van der Waals surface area contributed by atoms with Gasteiger partial charge in [0, 0.05) is 37.1 Å². The zero-order chi connectivity index (χ0) is 18.6. The summed E-state index contributed by atoms with van der Waals surface area (Å²) in [5.74, 6) is 0.827. The van der Waals surface area contributed by atoms with Gasteiger partial charge in [0.25, 0.3) is 0 Å². The first-order chi connectivity index (χ1) is 11.7. The highest BCUT2D eigenvalue weighted by Crippen LogP contribution is 2.20. The molecule has 1 aliphatic heterocycles. The lowest BCUT2D eigenvalue weighted by Crippen LogP contribution is -2.59. The number of hydrogen-bond donors (Lipinski definition) is 2. The average molecular weight is 495 g/mol. The molecule has 150 valence electrons. The summed E-state index contributed by atoms with van der Waals surface area (Å²) in [6, 6.07) is 0. The predicted octanol–water partition coefficient (Wildman–Crippen LogP) is 2.93. The van der Waals surface area contributed by atoms with E-state index in [2.05, 4.69) is 60.1 Å². The number of halogens is 1. The van der Waals surface area contributed by atoms with Crippen LogP contribution in [0.5, 0.6) is 0 Å². The Balaban J connectivity index is 0.00000338. The molecular formula is C18H34IN5OS. The number of nitrogens with zero attached hydrogens (tertiary/aromatic N) is 3. The lowest BCUT2D eigenvalue weighted by atomic mass is 10.00. The maximum Gasteiger partial charge on any atom is 0.191 e. The molecule has 2 rings (SSSR count). The number of aliphatic imine (C=N–C) groups is 1. The van der Waals surface area contributed by atoms with Gasteiger partial charge >= 0.3 is 0 Å². The quantitative estimate of drug-likeness (QED) is 0.374. The van der Waals surface area contributed by atoms with E-state index in [1.165, 1.54) is 4.88 Å². The first kappa shape index (κ1) is 23.6. The van der Waals surface area contributed by atoms with Crippen LogP contribution >= 0.6 is 35.3 Å². The molecule has 2 N–H and O–H groups in total. The van der Waals surface area contributed by atoms with Crippen LogP contribution in [-0.2, 0) is 11.3 Å². The second kappa shape index (κ2) is 10.2. The van der Waals surface area contributed by atoms with Gasteiger partial charge in [-0.15, -0.1) is 35.3 Å². The maximum atomic E-state index is 5.86. The molecule has 2 heterocycles. The normalized spacial score (nSPS) is 22.0. The zero-order valence-electron chi connectivity index (χ0n) is 17.0. The molecule has 1 aliphatic rings. The van der Waals surface area contributed by atoms with Gasteiger partial charge in [-0.1, -0.05) is 0 Å². The molecule has 26 heavy (non-hydrogen) atoms. The Hall–Kier alpha value is -0.450. The smallest absolute Gasteiger partial charge is 0.191 e. The molecule has 8 heteroatoms. The Morgan fingerprint density at radius 3 is 2.38 bits per heavy atom. The van der Waals surface area contributed by atoms with Crippen molar-refractivity contribution in [2.24, 2.45) is 4.99 Å². The van der Waals surface area contributed by atoms with Crippen LogP contribution in [0.2, 0.25) is 0 Å². The van der Waals surface area contributed by atoms with Gasteiger partial charge < -0.3 is 15.4 Å². The number of aromatic nitrogens is 1. The van der Waals surface area contributed by atoms with E-state index in [0.717, 1.165) is 42.8 Å². The minimum absolute atomic E-state index is 0. The first-order valence-electron chi connectivity index (χ1n) is 8.99. The van der Waals surface area contributed by atoms with Crippen LogP contribution in [0.3, 0.4) is 0 Å². The predicted molar refractivity (Wildman–Crippen MR) is 121 cm³/mol. The van der Waals surface area contributed by atoms with Crippen molar-refractivity contribution in [3.05, 3.63) is 15.6 Å².